The highest BCUT2D eigenvalue weighted by Gasteiger charge is 2.08. The van der Waals surface area contributed by atoms with Crippen molar-refractivity contribution in [3.05, 3.63) is 107 Å². The molecule has 0 bridgehead atoms. The third-order valence-electron chi connectivity index (χ3n) is 4.57. The first kappa shape index (κ1) is 20.7. The van der Waals surface area contributed by atoms with E-state index in [0.717, 1.165) is 21.3 Å². The number of carbonyl (C=O) groups is 1. The Hall–Kier alpha value is -3.58. The van der Waals surface area contributed by atoms with E-state index in [1.54, 1.807) is 36.4 Å². The summed E-state index contributed by atoms with van der Waals surface area (Å²) in [5.41, 5.74) is 3.73. The molecule has 0 fully saturated rings. The summed E-state index contributed by atoms with van der Waals surface area (Å²) in [6.45, 7) is 0.441. The Morgan fingerprint density at radius 3 is 2.48 bits per heavy atom. The summed E-state index contributed by atoms with van der Waals surface area (Å²) in [6.07, 6.45) is 1.44. The fraction of sp³-hybridized carbons (Fsp3) is 0.0417. The average molecular weight is 477 g/mol. The number of benzene rings is 3. The number of halogens is 2. The summed E-state index contributed by atoms with van der Waals surface area (Å²) in [5, 5.41) is 6.11. The first-order valence-corrected chi connectivity index (χ1v) is 10.3. The third-order valence-corrected chi connectivity index (χ3v) is 5.10. The van der Waals surface area contributed by atoms with E-state index in [-0.39, 0.29) is 11.7 Å². The summed E-state index contributed by atoms with van der Waals surface area (Å²) in [7, 11) is 0. The molecule has 1 amide bonds. The van der Waals surface area contributed by atoms with Gasteiger partial charge in [-0.15, -0.1) is 0 Å². The molecule has 0 saturated carbocycles. The van der Waals surface area contributed by atoms with Crippen LogP contribution in [0.4, 0.5) is 15.9 Å². The van der Waals surface area contributed by atoms with E-state index in [1.807, 2.05) is 30.3 Å². The maximum atomic E-state index is 13.2. The lowest BCUT2D eigenvalue weighted by Gasteiger charge is -2.10. The molecule has 0 aliphatic rings. The van der Waals surface area contributed by atoms with Crippen molar-refractivity contribution >= 4 is 33.3 Å². The van der Waals surface area contributed by atoms with Crippen molar-refractivity contribution in [2.24, 2.45) is 0 Å². The predicted octanol–water partition coefficient (Wildman–Crippen LogP) is 5.72. The molecule has 7 heteroatoms. The third kappa shape index (κ3) is 5.52. The summed E-state index contributed by atoms with van der Waals surface area (Å²) in [6, 6.07) is 22.8. The van der Waals surface area contributed by atoms with Crippen molar-refractivity contribution in [3.8, 4) is 11.3 Å². The summed E-state index contributed by atoms with van der Waals surface area (Å²) >= 11 is 3.40. The van der Waals surface area contributed by atoms with E-state index in [0.29, 0.717) is 23.6 Å². The molecule has 1 heterocycles. The van der Waals surface area contributed by atoms with Gasteiger partial charge in [-0.3, -0.25) is 4.79 Å². The Labute approximate surface area is 187 Å². The molecule has 0 radical (unpaired) electrons. The molecule has 1 aromatic heterocycles. The topological polar surface area (TPSA) is 66.9 Å². The Balaban J connectivity index is 1.44. The van der Waals surface area contributed by atoms with Crippen LogP contribution in [0, 0.1) is 5.82 Å². The minimum absolute atomic E-state index is 0.166. The number of nitrogens with zero attached hydrogens (tertiary/aromatic N) is 2. The molecular weight excluding hydrogens is 459 g/mol. The SMILES string of the molecule is O=C(NCc1ccc(Br)cc1)c1cccc(Nc2cc(-c3ccc(F)cc3)ncn2)c1. The monoisotopic (exact) mass is 476 g/mol. The zero-order chi connectivity index (χ0) is 21.6. The van der Waals surface area contributed by atoms with Crippen molar-refractivity contribution < 1.29 is 9.18 Å². The Kier molecular flexibility index (Phi) is 6.33. The minimum atomic E-state index is -0.300. The molecule has 0 spiro atoms. The summed E-state index contributed by atoms with van der Waals surface area (Å²) < 4.78 is 14.2. The first-order valence-electron chi connectivity index (χ1n) is 9.54. The molecule has 0 unspecified atom stereocenters. The van der Waals surface area contributed by atoms with Gasteiger partial charge in [0.05, 0.1) is 5.69 Å². The molecule has 0 saturated heterocycles. The van der Waals surface area contributed by atoms with Crippen molar-refractivity contribution in [2.45, 2.75) is 6.54 Å². The molecule has 0 aliphatic heterocycles. The van der Waals surface area contributed by atoms with Gasteiger partial charge in [-0.2, -0.15) is 0 Å². The van der Waals surface area contributed by atoms with Gasteiger partial charge >= 0.3 is 0 Å². The van der Waals surface area contributed by atoms with Gasteiger partial charge in [0, 0.05) is 33.9 Å². The normalized spacial score (nSPS) is 10.5. The highest BCUT2D eigenvalue weighted by Crippen LogP contribution is 2.22. The second-order valence-corrected chi connectivity index (χ2v) is 7.73. The van der Waals surface area contributed by atoms with E-state index in [4.69, 9.17) is 0 Å². The van der Waals surface area contributed by atoms with Crippen molar-refractivity contribution in [2.75, 3.05) is 5.32 Å². The molecule has 3 aromatic carbocycles. The lowest BCUT2D eigenvalue weighted by molar-refractivity contribution is 0.0951. The molecule has 4 rings (SSSR count). The number of amides is 1. The van der Waals surface area contributed by atoms with Gasteiger partial charge in [0.2, 0.25) is 0 Å². The molecule has 5 nitrogen and oxygen atoms in total. The van der Waals surface area contributed by atoms with Crippen LogP contribution in [0.25, 0.3) is 11.3 Å². The quantitative estimate of drug-likeness (QED) is 0.373. The van der Waals surface area contributed by atoms with Gasteiger partial charge < -0.3 is 10.6 Å². The lowest BCUT2D eigenvalue weighted by atomic mass is 10.1. The molecule has 4 aromatic rings. The molecule has 2 N–H and O–H groups in total. The number of aromatic nitrogens is 2. The zero-order valence-electron chi connectivity index (χ0n) is 16.3. The fourth-order valence-corrected chi connectivity index (χ4v) is 3.24. The average Bonchev–Trinajstić information content (AvgIpc) is 2.79. The van der Waals surface area contributed by atoms with Crippen LogP contribution in [-0.4, -0.2) is 15.9 Å². The maximum Gasteiger partial charge on any atom is 0.251 e. The molecule has 31 heavy (non-hydrogen) atoms. The molecule has 0 atom stereocenters. The van der Waals surface area contributed by atoms with Crippen LogP contribution >= 0.6 is 15.9 Å². The number of anilines is 2. The van der Waals surface area contributed by atoms with Crippen LogP contribution in [0.1, 0.15) is 15.9 Å². The smallest absolute Gasteiger partial charge is 0.251 e. The van der Waals surface area contributed by atoms with Gasteiger partial charge in [0.1, 0.15) is 18.0 Å². The maximum absolute atomic E-state index is 13.2. The highest BCUT2D eigenvalue weighted by molar-refractivity contribution is 9.10. The van der Waals surface area contributed by atoms with Crippen LogP contribution < -0.4 is 10.6 Å². The summed E-state index contributed by atoms with van der Waals surface area (Å²) in [4.78, 5) is 21.0. The lowest BCUT2D eigenvalue weighted by Crippen LogP contribution is -2.22. The van der Waals surface area contributed by atoms with E-state index < -0.39 is 0 Å². The second kappa shape index (κ2) is 9.49. The van der Waals surface area contributed by atoms with Gasteiger partial charge in [0.25, 0.3) is 5.91 Å². The molecule has 0 aliphatic carbocycles. The van der Waals surface area contributed by atoms with E-state index in [2.05, 4.69) is 36.5 Å². The molecular formula is C24H18BrFN4O. The predicted molar refractivity (Wildman–Crippen MR) is 122 cm³/mol. The standard InChI is InChI=1S/C24H18BrFN4O/c25-19-8-4-16(5-9-19)14-27-24(31)18-2-1-3-21(12-18)30-23-13-22(28-15-29-23)17-6-10-20(26)11-7-17/h1-13,15H,14H2,(H,27,31)(H,28,29,30). The Morgan fingerprint density at radius 2 is 1.71 bits per heavy atom. The first-order chi connectivity index (χ1) is 15.1. The van der Waals surface area contributed by atoms with E-state index >= 15 is 0 Å². The minimum Gasteiger partial charge on any atom is -0.348 e. The Morgan fingerprint density at radius 1 is 0.935 bits per heavy atom. The van der Waals surface area contributed by atoms with Crippen molar-refractivity contribution in [1.82, 2.24) is 15.3 Å². The van der Waals surface area contributed by atoms with E-state index in [1.165, 1.54) is 18.5 Å². The van der Waals surface area contributed by atoms with Crippen LogP contribution in [0.2, 0.25) is 0 Å². The van der Waals surface area contributed by atoms with Gasteiger partial charge in [0.15, 0.2) is 0 Å². The fourth-order valence-electron chi connectivity index (χ4n) is 2.98. The van der Waals surface area contributed by atoms with Gasteiger partial charge in [-0.1, -0.05) is 34.1 Å². The number of nitrogens with one attached hydrogen (secondary N) is 2. The highest BCUT2D eigenvalue weighted by atomic mass is 79.9. The number of carbonyl (C=O) groups excluding carboxylic acids is 1. The van der Waals surface area contributed by atoms with Crippen LogP contribution in [0.3, 0.4) is 0 Å². The van der Waals surface area contributed by atoms with E-state index in [9.17, 15) is 9.18 Å². The van der Waals surface area contributed by atoms with Gasteiger partial charge in [-0.05, 0) is 60.2 Å². The van der Waals surface area contributed by atoms with Crippen molar-refractivity contribution in [3.63, 3.8) is 0 Å². The van der Waals surface area contributed by atoms with Crippen LogP contribution in [0.5, 0.6) is 0 Å². The molecule has 154 valence electrons. The Bertz CT molecular complexity index is 1200. The van der Waals surface area contributed by atoms with Crippen LogP contribution in [-0.2, 0) is 6.54 Å². The van der Waals surface area contributed by atoms with Crippen LogP contribution in [0.15, 0.2) is 89.7 Å². The largest absolute Gasteiger partial charge is 0.348 e. The van der Waals surface area contributed by atoms with Crippen molar-refractivity contribution in [1.29, 1.82) is 0 Å². The second-order valence-electron chi connectivity index (χ2n) is 6.81. The number of hydrogen-bond donors (Lipinski definition) is 2. The number of rotatable bonds is 6. The summed E-state index contributed by atoms with van der Waals surface area (Å²) in [5.74, 6) is 0.106. The van der Waals surface area contributed by atoms with Gasteiger partial charge in [-0.25, -0.2) is 14.4 Å². The zero-order valence-corrected chi connectivity index (χ0v) is 17.9. The number of hydrogen-bond acceptors (Lipinski definition) is 4.